The minimum absolute atomic E-state index is 0.842. The minimum atomic E-state index is 0.842. The lowest BCUT2D eigenvalue weighted by atomic mass is 9.97. The zero-order valence-electron chi connectivity index (χ0n) is 12.5. The fourth-order valence-electron chi connectivity index (χ4n) is 2.86. The molecule has 0 bridgehead atoms. The van der Waals surface area contributed by atoms with Gasteiger partial charge in [-0.05, 0) is 68.8 Å². The van der Waals surface area contributed by atoms with Gasteiger partial charge in [0, 0.05) is 20.1 Å². The number of piperidine rings is 1. The molecule has 1 aromatic rings. The van der Waals surface area contributed by atoms with Gasteiger partial charge in [-0.25, -0.2) is 0 Å². The van der Waals surface area contributed by atoms with E-state index in [1.54, 1.807) is 0 Å². The maximum atomic E-state index is 4.46. The van der Waals surface area contributed by atoms with E-state index in [1.807, 2.05) is 18.7 Å². The zero-order chi connectivity index (χ0) is 14.0. The van der Waals surface area contributed by atoms with Crippen molar-refractivity contribution >= 4 is 15.9 Å². The third kappa shape index (κ3) is 3.80. The number of rotatable bonds is 4. The third-order valence-corrected chi connectivity index (χ3v) is 5.12. The van der Waals surface area contributed by atoms with Crippen molar-refractivity contribution in [2.45, 2.75) is 26.3 Å². The number of aryl methyl sites for hydroxylation is 2. The molecule has 0 spiro atoms. The third-order valence-electron chi connectivity index (χ3n) is 4.09. The Balaban J connectivity index is 1.89. The molecule has 2 rings (SSSR count). The van der Waals surface area contributed by atoms with Gasteiger partial charge in [-0.3, -0.25) is 4.68 Å². The lowest BCUT2D eigenvalue weighted by molar-refractivity contribution is 0.172. The van der Waals surface area contributed by atoms with Crippen LogP contribution in [0.2, 0.25) is 0 Å². The molecule has 0 atom stereocenters. The second-order valence-corrected chi connectivity index (χ2v) is 6.71. The molecule has 4 nitrogen and oxygen atoms in total. The first-order valence-corrected chi connectivity index (χ1v) is 7.81. The van der Waals surface area contributed by atoms with Crippen molar-refractivity contribution < 1.29 is 0 Å². The molecule has 1 fully saturated rings. The fourth-order valence-corrected chi connectivity index (χ4v) is 3.32. The molecular formula is C14H25BrN4. The Morgan fingerprint density at radius 2 is 1.95 bits per heavy atom. The van der Waals surface area contributed by atoms with E-state index in [9.17, 15) is 0 Å². The van der Waals surface area contributed by atoms with Crippen LogP contribution in [0.5, 0.6) is 0 Å². The van der Waals surface area contributed by atoms with Crippen LogP contribution in [-0.2, 0) is 13.6 Å². The van der Waals surface area contributed by atoms with Crippen molar-refractivity contribution in [1.82, 2.24) is 19.6 Å². The summed E-state index contributed by atoms with van der Waals surface area (Å²) in [5, 5.41) is 4.46. The molecular weight excluding hydrogens is 304 g/mol. The van der Waals surface area contributed by atoms with Gasteiger partial charge in [-0.2, -0.15) is 5.10 Å². The van der Waals surface area contributed by atoms with Crippen LogP contribution in [0.25, 0.3) is 0 Å². The lowest BCUT2D eigenvalue weighted by Gasteiger charge is -2.31. The Hall–Kier alpha value is -0.390. The highest BCUT2D eigenvalue weighted by Crippen LogP contribution is 2.23. The number of hydrogen-bond acceptors (Lipinski definition) is 3. The van der Waals surface area contributed by atoms with Crippen LogP contribution < -0.4 is 0 Å². The first kappa shape index (κ1) is 15.0. The normalized spacial score (nSPS) is 18.4. The van der Waals surface area contributed by atoms with Gasteiger partial charge in [0.15, 0.2) is 0 Å². The van der Waals surface area contributed by atoms with Crippen molar-refractivity contribution in [1.29, 1.82) is 0 Å². The molecule has 0 unspecified atom stereocenters. The summed E-state index contributed by atoms with van der Waals surface area (Å²) >= 11 is 3.65. The van der Waals surface area contributed by atoms with Crippen molar-refractivity contribution in [3.63, 3.8) is 0 Å². The molecule has 0 radical (unpaired) electrons. The molecule has 1 aliphatic heterocycles. The van der Waals surface area contributed by atoms with Crippen LogP contribution in [0.4, 0.5) is 0 Å². The SMILES string of the molecule is Cc1nn(C)c(CN(C)CC2CCN(C)CC2)c1Br. The largest absolute Gasteiger partial charge is 0.306 e. The molecule has 1 aromatic heterocycles. The summed E-state index contributed by atoms with van der Waals surface area (Å²) in [6.45, 7) is 6.68. The highest BCUT2D eigenvalue weighted by molar-refractivity contribution is 9.10. The summed E-state index contributed by atoms with van der Waals surface area (Å²) in [6, 6.07) is 0. The average Bonchev–Trinajstić information content (AvgIpc) is 2.59. The van der Waals surface area contributed by atoms with Crippen LogP contribution in [0.3, 0.4) is 0 Å². The quantitative estimate of drug-likeness (QED) is 0.847. The maximum absolute atomic E-state index is 4.46. The number of hydrogen-bond donors (Lipinski definition) is 0. The Kier molecular flexibility index (Phi) is 5.03. The van der Waals surface area contributed by atoms with E-state index in [-0.39, 0.29) is 0 Å². The van der Waals surface area contributed by atoms with Crippen molar-refractivity contribution in [2.24, 2.45) is 13.0 Å². The molecule has 5 heteroatoms. The summed E-state index contributed by atoms with van der Waals surface area (Å²) in [5.74, 6) is 0.842. The molecule has 19 heavy (non-hydrogen) atoms. The Labute approximate surface area is 124 Å². The topological polar surface area (TPSA) is 24.3 Å². The van der Waals surface area contributed by atoms with E-state index in [2.05, 4.69) is 44.9 Å². The van der Waals surface area contributed by atoms with Gasteiger partial charge in [0.1, 0.15) is 0 Å². The minimum Gasteiger partial charge on any atom is -0.306 e. The van der Waals surface area contributed by atoms with E-state index in [0.717, 1.165) is 22.6 Å². The van der Waals surface area contributed by atoms with E-state index >= 15 is 0 Å². The van der Waals surface area contributed by atoms with Crippen LogP contribution in [0.15, 0.2) is 4.47 Å². The van der Waals surface area contributed by atoms with E-state index in [1.165, 1.54) is 38.2 Å². The highest BCUT2D eigenvalue weighted by atomic mass is 79.9. The van der Waals surface area contributed by atoms with E-state index in [0.29, 0.717) is 0 Å². The molecule has 108 valence electrons. The average molecular weight is 329 g/mol. The summed E-state index contributed by atoms with van der Waals surface area (Å²) in [4.78, 5) is 4.86. The second kappa shape index (κ2) is 6.37. The van der Waals surface area contributed by atoms with E-state index < -0.39 is 0 Å². The molecule has 0 amide bonds. The maximum Gasteiger partial charge on any atom is 0.0739 e. The highest BCUT2D eigenvalue weighted by Gasteiger charge is 2.19. The van der Waals surface area contributed by atoms with Gasteiger partial charge in [0.2, 0.25) is 0 Å². The molecule has 2 heterocycles. The molecule has 0 N–H and O–H groups in total. The summed E-state index contributed by atoms with van der Waals surface area (Å²) in [6.07, 6.45) is 2.65. The molecule has 0 aliphatic carbocycles. The monoisotopic (exact) mass is 328 g/mol. The fraction of sp³-hybridized carbons (Fsp3) is 0.786. The predicted molar refractivity (Wildman–Crippen MR) is 82.2 cm³/mol. The van der Waals surface area contributed by atoms with Gasteiger partial charge in [-0.1, -0.05) is 0 Å². The van der Waals surface area contributed by atoms with Crippen molar-refractivity contribution in [3.8, 4) is 0 Å². The lowest BCUT2D eigenvalue weighted by Crippen LogP contribution is -2.35. The smallest absolute Gasteiger partial charge is 0.0739 e. The van der Waals surface area contributed by atoms with Crippen molar-refractivity contribution in [2.75, 3.05) is 33.7 Å². The molecule has 0 saturated carbocycles. The van der Waals surface area contributed by atoms with Crippen molar-refractivity contribution in [3.05, 3.63) is 15.9 Å². The zero-order valence-corrected chi connectivity index (χ0v) is 14.1. The second-order valence-electron chi connectivity index (χ2n) is 5.91. The van der Waals surface area contributed by atoms with Gasteiger partial charge in [0.25, 0.3) is 0 Å². The number of nitrogens with zero attached hydrogens (tertiary/aromatic N) is 4. The number of likely N-dealkylation sites (tertiary alicyclic amines) is 1. The standard InChI is InChI=1S/C14H25BrN4/c1-11-14(15)13(19(4)16-11)10-18(3)9-12-5-7-17(2)8-6-12/h12H,5-10H2,1-4H3. The Morgan fingerprint density at radius 3 is 2.47 bits per heavy atom. The van der Waals surface area contributed by atoms with Gasteiger partial charge < -0.3 is 9.80 Å². The first-order valence-electron chi connectivity index (χ1n) is 7.02. The van der Waals surface area contributed by atoms with Crippen LogP contribution in [0, 0.1) is 12.8 Å². The van der Waals surface area contributed by atoms with Gasteiger partial charge >= 0.3 is 0 Å². The van der Waals surface area contributed by atoms with Gasteiger partial charge in [0.05, 0.1) is 15.9 Å². The molecule has 1 aliphatic rings. The Morgan fingerprint density at radius 1 is 1.32 bits per heavy atom. The van der Waals surface area contributed by atoms with Crippen LogP contribution in [-0.4, -0.2) is 53.3 Å². The summed E-state index contributed by atoms with van der Waals surface area (Å²) < 4.78 is 3.15. The number of aromatic nitrogens is 2. The first-order chi connectivity index (χ1) is 8.97. The predicted octanol–water partition coefficient (Wildman–Crippen LogP) is 2.26. The molecule has 0 aromatic carbocycles. The summed E-state index contributed by atoms with van der Waals surface area (Å²) in [5.41, 5.74) is 2.35. The van der Waals surface area contributed by atoms with Crippen LogP contribution >= 0.6 is 15.9 Å². The number of halogens is 1. The Bertz CT molecular complexity index is 421. The molecule has 1 saturated heterocycles. The van der Waals surface area contributed by atoms with Gasteiger partial charge in [-0.15, -0.1) is 0 Å². The van der Waals surface area contributed by atoms with E-state index in [4.69, 9.17) is 0 Å². The summed E-state index contributed by atoms with van der Waals surface area (Å²) in [7, 11) is 6.46. The van der Waals surface area contributed by atoms with Crippen LogP contribution in [0.1, 0.15) is 24.2 Å².